The van der Waals surface area contributed by atoms with Crippen molar-refractivity contribution in [2.45, 2.75) is 12.4 Å². The van der Waals surface area contributed by atoms with Crippen LogP contribution >= 0.6 is 0 Å². The van der Waals surface area contributed by atoms with Crippen LogP contribution in [0, 0.1) is 0 Å². The van der Waals surface area contributed by atoms with Crippen molar-refractivity contribution >= 4 is 12.4 Å². The third kappa shape index (κ3) is 5.45. The van der Waals surface area contributed by atoms with Crippen LogP contribution in [0.25, 0.3) is 22.6 Å². The van der Waals surface area contributed by atoms with Gasteiger partial charge in [0.2, 0.25) is 0 Å². The van der Waals surface area contributed by atoms with Gasteiger partial charge in [-0.2, -0.15) is 36.5 Å². The molecule has 0 fully saturated rings. The van der Waals surface area contributed by atoms with E-state index in [1.165, 1.54) is 61.0 Å². The second kappa shape index (κ2) is 9.05. The van der Waals surface area contributed by atoms with Crippen LogP contribution in [-0.4, -0.2) is 12.4 Å². The molecule has 4 aromatic rings. The van der Waals surface area contributed by atoms with E-state index in [-0.39, 0.29) is 34.2 Å². The van der Waals surface area contributed by atoms with E-state index in [0.717, 1.165) is 24.3 Å². The molecule has 0 spiro atoms. The molecule has 0 saturated heterocycles. The fourth-order valence-corrected chi connectivity index (χ4v) is 3.03. The maximum atomic E-state index is 12.9. The molecule has 4 nitrogen and oxygen atoms in total. The summed E-state index contributed by atoms with van der Waals surface area (Å²) in [7, 11) is 0. The molecule has 10 heteroatoms. The quantitative estimate of drug-likeness (QED) is 0.168. The first-order valence-corrected chi connectivity index (χ1v) is 9.71. The lowest BCUT2D eigenvalue weighted by Gasteiger charge is -2.07. The normalized spacial score (nSPS) is 12.8. The molecule has 0 amide bonds. The van der Waals surface area contributed by atoms with Gasteiger partial charge in [-0.05, 0) is 48.5 Å². The molecule has 2 heterocycles. The van der Waals surface area contributed by atoms with Crippen LogP contribution in [0.5, 0.6) is 0 Å². The zero-order valence-corrected chi connectivity index (χ0v) is 17.1. The van der Waals surface area contributed by atoms with E-state index in [1.807, 2.05) is 0 Å². The monoisotopic (exact) mass is 476 g/mol. The molecule has 0 aliphatic rings. The fourth-order valence-electron chi connectivity index (χ4n) is 3.03. The summed E-state index contributed by atoms with van der Waals surface area (Å²) in [4.78, 5) is 0. The molecule has 2 aromatic heterocycles. The van der Waals surface area contributed by atoms with E-state index in [0.29, 0.717) is 0 Å². The smallest absolute Gasteiger partial charge is 0.416 e. The predicted octanol–water partition coefficient (Wildman–Crippen LogP) is 7.70. The minimum Gasteiger partial charge on any atom is -0.455 e. The van der Waals surface area contributed by atoms with E-state index in [4.69, 9.17) is 8.83 Å². The fraction of sp³-hybridized carbons (Fsp3) is 0.0833. The summed E-state index contributed by atoms with van der Waals surface area (Å²) in [6, 6.07) is 15.5. The maximum absolute atomic E-state index is 12.9. The van der Waals surface area contributed by atoms with Gasteiger partial charge in [0, 0.05) is 11.1 Å². The van der Waals surface area contributed by atoms with Crippen molar-refractivity contribution in [2.24, 2.45) is 10.2 Å². The number of furan rings is 2. The molecule has 0 aliphatic heterocycles. The van der Waals surface area contributed by atoms with E-state index in [1.54, 1.807) is 0 Å². The molecular weight excluding hydrogens is 462 g/mol. The Hall–Kier alpha value is -4.08. The van der Waals surface area contributed by atoms with Gasteiger partial charge in [0.05, 0.1) is 23.6 Å². The van der Waals surface area contributed by atoms with Crippen LogP contribution in [0.1, 0.15) is 22.6 Å². The Balaban J connectivity index is 1.43. The van der Waals surface area contributed by atoms with Crippen molar-refractivity contribution in [3.8, 4) is 22.6 Å². The highest BCUT2D eigenvalue weighted by atomic mass is 19.4. The maximum Gasteiger partial charge on any atom is 0.416 e. The Morgan fingerprint density at radius 2 is 0.971 bits per heavy atom. The van der Waals surface area contributed by atoms with E-state index >= 15 is 0 Å². The summed E-state index contributed by atoms with van der Waals surface area (Å²) in [5.74, 6) is 0.976. The number of halogens is 6. The van der Waals surface area contributed by atoms with Gasteiger partial charge in [-0.3, -0.25) is 0 Å². The van der Waals surface area contributed by atoms with Gasteiger partial charge in [0.1, 0.15) is 23.0 Å². The lowest BCUT2D eigenvalue weighted by atomic mass is 10.1. The number of rotatable bonds is 5. The minimum atomic E-state index is -4.46. The minimum absolute atomic E-state index is 0.230. The van der Waals surface area contributed by atoms with Gasteiger partial charge in [0.15, 0.2) is 0 Å². The molecule has 174 valence electrons. The van der Waals surface area contributed by atoms with Crippen molar-refractivity contribution in [2.75, 3.05) is 0 Å². The summed E-state index contributed by atoms with van der Waals surface area (Å²) < 4.78 is 88.2. The molecular formula is C24H14F6N2O2. The van der Waals surface area contributed by atoms with E-state index in [9.17, 15) is 26.3 Å². The third-order valence-corrected chi connectivity index (χ3v) is 4.64. The van der Waals surface area contributed by atoms with Crippen LogP contribution in [0.3, 0.4) is 0 Å². The van der Waals surface area contributed by atoms with Crippen LogP contribution < -0.4 is 0 Å². The van der Waals surface area contributed by atoms with Crippen molar-refractivity contribution in [3.05, 3.63) is 95.4 Å². The molecule has 0 aliphatic carbocycles. The zero-order valence-electron chi connectivity index (χ0n) is 17.1. The zero-order chi connectivity index (χ0) is 24.3. The summed E-state index contributed by atoms with van der Waals surface area (Å²) in [6.45, 7) is 0. The second-order valence-electron chi connectivity index (χ2n) is 7.05. The third-order valence-electron chi connectivity index (χ3n) is 4.64. The van der Waals surface area contributed by atoms with Gasteiger partial charge < -0.3 is 8.83 Å². The number of hydrogen-bond donors (Lipinski definition) is 0. The molecule has 34 heavy (non-hydrogen) atoms. The number of benzene rings is 2. The van der Waals surface area contributed by atoms with Crippen molar-refractivity contribution in [1.82, 2.24) is 0 Å². The first kappa shape index (κ1) is 23.1. The molecule has 0 unspecified atom stereocenters. The van der Waals surface area contributed by atoms with Crippen molar-refractivity contribution < 1.29 is 35.2 Å². The van der Waals surface area contributed by atoms with Gasteiger partial charge in [-0.25, -0.2) is 0 Å². The van der Waals surface area contributed by atoms with Crippen LogP contribution in [-0.2, 0) is 12.4 Å². The second-order valence-corrected chi connectivity index (χ2v) is 7.05. The number of hydrogen-bond acceptors (Lipinski definition) is 4. The van der Waals surface area contributed by atoms with E-state index < -0.39 is 23.5 Å². The topological polar surface area (TPSA) is 51.0 Å². The largest absolute Gasteiger partial charge is 0.455 e. The van der Waals surface area contributed by atoms with Crippen LogP contribution in [0.2, 0.25) is 0 Å². The Bertz CT molecular complexity index is 1240. The molecule has 0 bridgehead atoms. The van der Waals surface area contributed by atoms with Gasteiger partial charge in [-0.15, -0.1) is 0 Å². The highest BCUT2D eigenvalue weighted by molar-refractivity contribution is 5.80. The first-order valence-electron chi connectivity index (χ1n) is 9.71. The Morgan fingerprint density at radius 1 is 0.559 bits per heavy atom. The predicted molar refractivity (Wildman–Crippen MR) is 113 cm³/mol. The van der Waals surface area contributed by atoms with E-state index in [2.05, 4.69) is 10.2 Å². The highest BCUT2D eigenvalue weighted by Crippen LogP contribution is 2.33. The number of nitrogens with zero attached hydrogens (tertiary/aromatic N) is 2. The summed E-state index contributed by atoms with van der Waals surface area (Å²) >= 11 is 0. The standard InChI is InChI=1S/C24H14F6N2O2/c25-23(26,27)17-5-1-3-15(11-17)21-9-7-19(33-21)13-31-32-14-20-8-10-22(34-20)16-4-2-6-18(12-16)24(28,29)30/h1-14H/b31-13+,32-14+. The van der Waals surface area contributed by atoms with Crippen LogP contribution in [0.15, 0.2) is 91.8 Å². The molecule has 0 N–H and O–H groups in total. The highest BCUT2D eigenvalue weighted by Gasteiger charge is 2.31. The van der Waals surface area contributed by atoms with Gasteiger partial charge in [-0.1, -0.05) is 24.3 Å². The molecule has 0 atom stereocenters. The van der Waals surface area contributed by atoms with Gasteiger partial charge in [0.25, 0.3) is 0 Å². The molecule has 2 aromatic carbocycles. The number of alkyl halides is 6. The average molecular weight is 476 g/mol. The van der Waals surface area contributed by atoms with Crippen molar-refractivity contribution in [3.63, 3.8) is 0 Å². The summed E-state index contributed by atoms with van der Waals surface area (Å²) in [5, 5.41) is 7.58. The lowest BCUT2D eigenvalue weighted by Crippen LogP contribution is -2.04. The first-order chi connectivity index (χ1) is 16.1. The van der Waals surface area contributed by atoms with Gasteiger partial charge >= 0.3 is 12.4 Å². The summed E-state index contributed by atoms with van der Waals surface area (Å²) in [5.41, 5.74) is -1.06. The lowest BCUT2D eigenvalue weighted by molar-refractivity contribution is -0.138. The Kier molecular flexibility index (Phi) is 6.14. The molecule has 0 saturated carbocycles. The molecule has 0 radical (unpaired) electrons. The van der Waals surface area contributed by atoms with Crippen LogP contribution in [0.4, 0.5) is 26.3 Å². The molecule has 4 rings (SSSR count). The Morgan fingerprint density at radius 3 is 1.35 bits per heavy atom. The summed E-state index contributed by atoms with van der Waals surface area (Å²) in [6.07, 6.45) is -6.42. The Labute approximate surface area is 188 Å². The van der Waals surface area contributed by atoms with Crippen molar-refractivity contribution in [1.29, 1.82) is 0 Å². The SMILES string of the molecule is FC(F)(F)c1cccc(-c2ccc(/C=N/N=C/c3ccc(-c4cccc(C(F)(F)F)c4)o3)o2)c1. The average Bonchev–Trinajstić information content (AvgIpc) is 3.46.